The molecule has 2 heterocycles. The number of aliphatic carboxylic acids is 1. The Bertz CT molecular complexity index is 686. The Morgan fingerprint density at radius 1 is 1.33 bits per heavy atom. The van der Waals surface area contributed by atoms with Crippen LogP contribution in [0.5, 0.6) is 0 Å². The lowest BCUT2D eigenvalue weighted by Gasteiger charge is -2.45. The second-order valence-electron chi connectivity index (χ2n) is 6.40. The molecule has 0 unspecified atom stereocenters. The molecule has 0 aromatic carbocycles. The second kappa shape index (κ2) is 7.95. The van der Waals surface area contributed by atoms with Crippen LogP contribution in [0.3, 0.4) is 0 Å². The van der Waals surface area contributed by atoms with Crippen LogP contribution in [0.4, 0.5) is 0 Å². The smallest absolute Gasteiger partial charge is 0.370 e. The van der Waals surface area contributed by atoms with E-state index in [1.807, 2.05) is 0 Å². The molecule has 0 saturated heterocycles. The average Bonchev–Trinajstić information content (AvgIpc) is 2.93. The molecule has 0 aromatic heterocycles. The minimum atomic E-state index is -1.38. The first kappa shape index (κ1) is 20.7. The molecule has 27 heavy (non-hydrogen) atoms. The van der Waals surface area contributed by atoms with Crippen molar-refractivity contribution in [3.63, 3.8) is 0 Å². The van der Waals surface area contributed by atoms with Crippen molar-refractivity contribution in [1.29, 1.82) is 0 Å². The third-order valence-electron chi connectivity index (χ3n) is 4.31. The van der Waals surface area contributed by atoms with Crippen molar-refractivity contribution in [2.45, 2.75) is 57.6 Å². The number of hydrogen-bond acceptors (Lipinski definition) is 9. The van der Waals surface area contributed by atoms with Gasteiger partial charge in [0.15, 0.2) is 17.6 Å². The fraction of sp³-hybridized carbons (Fsp3) is 0.647. The largest absolute Gasteiger partial charge is 0.475 e. The molecule has 0 saturated carbocycles. The van der Waals surface area contributed by atoms with Crippen LogP contribution in [0.2, 0.25) is 0 Å². The summed E-state index contributed by atoms with van der Waals surface area (Å²) in [7, 11) is 1.35. The van der Waals surface area contributed by atoms with Crippen molar-refractivity contribution in [3.05, 3.63) is 11.8 Å². The fourth-order valence-electron chi connectivity index (χ4n) is 3.31. The third kappa shape index (κ3) is 4.38. The van der Waals surface area contributed by atoms with E-state index in [4.69, 9.17) is 23.7 Å². The first-order chi connectivity index (χ1) is 12.6. The van der Waals surface area contributed by atoms with Crippen molar-refractivity contribution < 1.29 is 43.2 Å². The monoisotopic (exact) mass is 385 g/mol. The Kier molecular flexibility index (Phi) is 6.09. The van der Waals surface area contributed by atoms with E-state index in [1.165, 1.54) is 27.0 Å². The van der Waals surface area contributed by atoms with Gasteiger partial charge in [-0.15, -0.1) is 0 Å². The van der Waals surface area contributed by atoms with E-state index in [0.717, 1.165) is 0 Å². The predicted octanol–water partition coefficient (Wildman–Crippen LogP) is 0.439. The SMILES string of the molecule is CO[C@@H]([C@@H](COC(C)=O)OC(C)=O)[C@]1(C)OC(C(=O)O)=C[C@H]2OC(C)=N[C@@H]21. The highest BCUT2D eigenvalue weighted by Crippen LogP contribution is 2.40. The minimum Gasteiger partial charge on any atom is -0.475 e. The first-order valence-electron chi connectivity index (χ1n) is 8.27. The molecule has 2 aliphatic rings. The molecule has 0 radical (unpaired) electrons. The van der Waals surface area contributed by atoms with Gasteiger partial charge in [-0.05, 0) is 6.92 Å². The Morgan fingerprint density at radius 2 is 2.00 bits per heavy atom. The van der Waals surface area contributed by atoms with Crippen LogP contribution in [-0.4, -0.2) is 72.6 Å². The van der Waals surface area contributed by atoms with Gasteiger partial charge in [0.25, 0.3) is 0 Å². The number of carboxylic acid groups (broad SMARTS) is 1. The van der Waals surface area contributed by atoms with E-state index in [1.54, 1.807) is 13.8 Å². The second-order valence-corrected chi connectivity index (χ2v) is 6.40. The van der Waals surface area contributed by atoms with Gasteiger partial charge in [0.1, 0.15) is 24.9 Å². The fourth-order valence-corrected chi connectivity index (χ4v) is 3.31. The van der Waals surface area contributed by atoms with Crippen LogP contribution in [0.25, 0.3) is 0 Å². The van der Waals surface area contributed by atoms with Gasteiger partial charge >= 0.3 is 17.9 Å². The Balaban J connectivity index is 2.42. The van der Waals surface area contributed by atoms with E-state index in [-0.39, 0.29) is 12.4 Å². The number of carbonyl (C=O) groups is 3. The number of aliphatic imine (C=N–C) groups is 1. The van der Waals surface area contributed by atoms with Crippen molar-refractivity contribution in [1.82, 2.24) is 0 Å². The zero-order chi connectivity index (χ0) is 20.4. The lowest BCUT2D eigenvalue weighted by atomic mass is 9.82. The van der Waals surface area contributed by atoms with Gasteiger partial charge in [-0.2, -0.15) is 0 Å². The average molecular weight is 385 g/mol. The van der Waals surface area contributed by atoms with Gasteiger partial charge in [0, 0.05) is 34.0 Å². The molecule has 1 N–H and O–H groups in total. The molecule has 0 aromatic rings. The molecular formula is C17H23NO9. The summed E-state index contributed by atoms with van der Waals surface area (Å²) in [5.74, 6) is -2.45. The van der Waals surface area contributed by atoms with Crippen LogP contribution >= 0.6 is 0 Å². The number of ether oxygens (including phenoxy) is 5. The lowest BCUT2D eigenvalue weighted by Crippen LogP contribution is -2.62. The maximum Gasteiger partial charge on any atom is 0.370 e. The quantitative estimate of drug-likeness (QED) is 0.620. The van der Waals surface area contributed by atoms with Crippen molar-refractivity contribution in [2.75, 3.05) is 13.7 Å². The summed E-state index contributed by atoms with van der Waals surface area (Å²) in [5, 5.41) is 9.39. The highest BCUT2D eigenvalue weighted by Gasteiger charge is 2.57. The number of fused-ring (bicyclic) bond motifs is 1. The normalized spacial score (nSPS) is 28.5. The molecule has 0 bridgehead atoms. The molecule has 0 aliphatic carbocycles. The summed E-state index contributed by atoms with van der Waals surface area (Å²) in [5.41, 5.74) is -1.38. The molecule has 0 fully saturated rings. The topological polar surface area (TPSA) is 130 Å². The van der Waals surface area contributed by atoms with Gasteiger partial charge in [-0.1, -0.05) is 0 Å². The zero-order valence-electron chi connectivity index (χ0n) is 15.8. The Morgan fingerprint density at radius 3 is 2.52 bits per heavy atom. The maximum atomic E-state index is 11.5. The molecule has 2 rings (SSSR count). The molecule has 150 valence electrons. The Labute approximate surface area is 156 Å². The zero-order valence-corrected chi connectivity index (χ0v) is 15.8. The summed E-state index contributed by atoms with van der Waals surface area (Å²) in [6.45, 7) is 5.34. The summed E-state index contributed by atoms with van der Waals surface area (Å²) in [6, 6.07) is -0.652. The standard InChI is InChI=1S/C17H23NO9/c1-8-18-14-11(25-8)6-12(16(21)22)27-17(14,4)15(23-5)13(26-10(3)20)7-24-9(2)19/h6,11,13-15H,7H2,1-5H3,(H,21,22)/t11-,13-,14+,15+,17-/m1/s1. The number of rotatable bonds is 7. The van der Waals surface area contributed by atoms with E-state index in [9.17, 15) is 19.5 Å². The molecule has 10 heteroatoms. The third-order valence-corrected chi connectivity index (χ3v) is 4.31. The van der Waals surface area contributed by atoms with Crippen LogP contribution in [0.1, 0.15) is 27.7 Å². The maximum absolute atomic E-state index is 11.5. The van der Waals surface area contributed by atoms with Crippen molar-refractivity contribution in [2.24, 2.45) is 4.99 Å². The lowest BCUT2D eigenvalue weighted by molar-refractivity contribution is -0.198. The number of esters is 2. The van der Waals surface area contributed by atoms with Gasteiger partial charge in [-0.3, -0.25) is 9.59 Å². The van der Waals surface area contributed by atoms with Crippen LogP contribution in [-0.2, 0) is 38.1 Å². The summed E-state index contributed by atoms with van der Waals surface area (Å²) >= 11 is 0. The van der Waals surface area contributed by atoms with Crippen LogP contribution < -0.4 is 0 Å². The minimum absolute atomic E-state index is 0.292. The number of nitrogens with zero attached hydrogens (tertiary/aromatic N) is 1. The molecular weight excluding hydrogens is 362 g/mol. The number of hydrogen-bond donors (Lipinski definition) is 1. The number of carbonyl (C=O) groups excluding carboxylic acids is 2. The first-order valence-corrected chi connectivity index (χ1v) is 8.27. The summed E-state index contributed by atoms with van der Waals surface area (Å²) < 4.78 is 27.1. The van der Waals surface area contributed by atoms with Gasteiger partial charge in [-0.25, -0.2) is 9.79 Å². The van der Waals surface area contributed by atoms with Crippen molar-refractivity contribution >= 4 is 23.8 Å². The van der Waals surface area contributed by atoms with E-state index >= 15 is 0 Å². The van der Waals surface area contributed by atoms with Gasteiger partial charge in [0.05, 0.1) is 0 Å². The number of carboxylic acids is 1. The number of methoxy groups -OCH3 is 1. The molecule has 2 aliphatic heterocycles. The van der Waals surface area contributed by atoms with Crippen LogP contribution in [0, 0.1) is 0 Å². The highest BCUT2D eigenvalue weighted by atomic mass is 16.6. The van der Waals surface area contributed by atoms with Gasteiger partial charge < -0.3 is 28.8 Å². The molecule has 10 nitrogen and oxygen atoms in total. The summed E-state index contributed by atoms with van der Waals surface area (Å²) in [6.07, 6.45) is -1.41. The van der Waals surface area contributed by atoms with E-state index in [2.05, 4.69) is 4.99 Å². The van der Waals surface area contributed by atoms with Crippen LogP contribution in [0.15, 0.2) is 16.8 Å². The van der Waals surface area contributed by atoms with Gasteiger partial charge in [0.2, 0.25) is 5.76 Å². The van der Waals surface area contributed by atoms with E-state index < -0.39 is 47.9 Å². The molecule has 5 atom stereocenters. The van der Waals surface area contributed by atoms with E-state index in [0.29, 0.717) is 5.90 Å². The molecule has 0 spiro atoms. The summed E-state index contributed by atoms with van der Waals surface area (Å²) in [4.78, 5) is 38.6. The predicted molar refractivity (Wildman–Crippen MR) is 90.0 cm³/mol. The Hall–Kier alpha value is -2.62. The van der Waals surface area contributed by atoms with Crippen molar-refractivity contribution in [3.8, 4) is 0 Å². The molecule has 0 amide bonds. The highest BCUT2D eigenvalue weighted by molar-refractivity contribution is 5.85.